The third kappa shape index (κ3) is 4.74. The topological polar surface area (TPSA) is 96.5 Å². The molecule has 1 heterocycles. The molecule has 1 aliphatic rings. The molecule has 7 nitrogen and oxygen atoms in total. The van der Waals surface area contributed by atoms with Crippen molar-refractivity contribution in [3.05, 3.63) is 75.3 Å². The zero-order chi connectivity index (χ0) is 19.9. The van der Waals surface area contributed by atoms with Gasteiger partial charge in [-0.05, 0) is 54.3 Å². The maximum atomic E-state index is 12.4. The Morgan fingerprint density at radius 1 is 1.21 bits per heavy atom. The van der Waals surface area contributed by atoms with Gasteiger partial charge in [-0.3, -0.25) is 14.9 Å². The van der Waals surface area contributed by atoms with E-state index in [1.165, 1.54) is 12.1 Å². The summed E-state index contributed by atoms with van der Waals surface area (Å²) in [6.07, 6.45) is 3.51. The van der Waals surface area contributed by atoms with Crippen molar-refractivity contribution in [1.82, 2.24) is 4.90 Å². The molecule has 0 atom stereocenters. The number of ether oxygens (including phenoxy) is 1. The number of carbonyl (C=O) groups excluding carboxylic acids is 1. The molecule has 3 rings (SSSR count). The van der Waals surface area contributed by atoms with Gasteiger partial charge in [0.05, 0.1) is 4.92 Å². The summed E-state index contributed by atoms with van der Waals surface area (Å²) in [4.78, 5) is 24.4. The first-order valence-corrected chi connectivity index (χ1v) is 8.94. The number of hydrogen-bond donors (Lipinski definition) is 0. The number of nitrogens with zero attached hydrogens (tertiary/aromatic N) is 3. The Kier molecular flexibility index (Phi) is 6.02. The average molecular weight is 377 g/mol. The van der Waals surface area contributed by atoms with E-state index in [9.17, 15) is 20.2 Å². The summed E-state index contributed by atoms with van der Waals surface area (Å²) in [6.45, 7) is 1.63. The Morgan fingerprint density at radius 2 is 1.93 bits per heavy atom. The number of likely N-dealkylation sites (tertiary alicyclic amines) is 1. The Hall–Kier alpha value is -3.66. The predicted octanol–water partition coefficient (Wildman–Crippen LogP) is 3.70. The summed E-state index contributed by atoms with van der Waals surface area (Å²) in [5.74, 6) is 0.343. The lowest BCUT2D eigenvalue weighted by Crippen LogP contribution is -2.28. The largest absolute Gasteiger partial charge is 0.489 e. The van der Waals surface area contributed by atoms with Crippen molar-refractivity contribution >= 4 is 17.7 Å². The van der Waals surface area contributed by atoms with Crippen molar-refractivity contribution in [2.75, 3.05) is 13.1 Å². The van der Waals surface area contributed by atoms with Gasteiger partial charge in [0.1, 0.15) is 24.0 Å². The maximum Gasteiger partial charge on any atom is 0.269 e. The van der Waals surface area contributed by atoms with Crippen molar-refractivity contribution in [2.24, 2.45) is 0 Å². The van der Waals surface area contributed by atoms with Crippen LogP contribution in [-0.4, -0.2) is 28.8 Å². The van der Waals surface area contributed by atoms with Gasteiger partial charge < -0.3 is 9.64 Å². The van der Waals surface area contributed by atoms with E-state index in [1.807, 2.05) is 6.07 Å². The van der Waals surface area contributed by atoms with Crippen LogP contribution in [0.3, 0.4) is 0 Å². The molecule has 1 aliphatic heterocycles. The molecule has 1 saturated heterocycles. The second kappa shape index (κ2) is 8.82. The Labute approximate surface area is 162 Å². The number of hydrogen-bond acceptors (Lipinski definition) is 5. The van der Waals surface area contributed by atoms with Crippen molar-refractivity contribution in [1.29, 1.82) is 5.26 Å². The van der Waals surface area contributed by atoms with E-state index in [-0.39, 0.29) is 23.8 Å². The fourth-order valence-electron chi connectivity index (χ4n) is 2.97. The number of non-ortho nitro benzene ring substituents is 1. The van der Waals surface area contributed by atoms with E-state index < -0.39 is 4.92 Å². The standard InChI is InChI=1S/C21H19N3O4/c22-14-18(21(25)23-10-1-2-11-23)12-17-4-3-5-20(13-17)28-15-16-6-8-19(9-7-16)24(26)27/h3-9,12-13H,1-2,10-11,15H2/b18-12+. The van der Waals surface area contributed by atoms with Gasteiger partial charge in [-0.1, -0.05) is 12.1 Å². The molecule has 0 bridgehead atoms. The third-order valence-electron chi connectivity index (χ3n) is 4.47. The predicted molar refractivity (Wildman–Crippen MR) is 103 cm³/mol. The van der Waals surface area contributed by atoms with Crippen LogP contribution in [0, 0.1) is 21.4 Å². The number of benzene rings is 2. The lowest BCUT2D eigenvalue weighted by molar-refractivity contribution is -0.384. The second-order valence-corrected chi connectivity index (χ2v) is 6.45. The fraction of sp³-hybridized carbons (Fsp3) is 0.238. The van der Waals surface area contributed by atoms with Crippen LogP contribution in [0.2, 0.25) is 0 Å². The minimum Gasteiger partial charge on any atom is -0.489 e. The van der Waals surface area contributed by atoms with Gasteiger partial charge in [-0.15, -0.1) is 0 Å². The number of nitriles is 1. The molecular formula is C21H19N3O4. The van der Waals surface area contributed by atoms with Crippen LogP contribution in [0.25, 0.3) is 6.08 Å². The van der Waals surface area contributed by atoms with Gasteiger partial charge >= 0.3 is 0 Å². The molecule has 0 unspecified atom stereocenters. The van der Waals surface area contributed by atoms with Crippen molar-refractivity contribution in [3.63, 3.8) is 0 Å². The number of nitro benzene ring substituents is 1. The molecule has 0 aromatic heterocycles. The first-order valence-electron chi connectivity index (χ1n) is 8.94. The molecular weight excluding hydrogens is 358 g/mol. The van der Waals surface area contributed by atoms with Crippen molar-refractivity contribution in [3.8, 4) is 11.8 Å². The van der Waals surface area contributed by atoms with E-state index in [0.717, 1.165) is 18.4 Å². The Bertz CT molecular complexity index is 939. The van der Waals surface area contributed by atoms with Gasteiger partial charge in [-0.2, -0.15) is 5.26 Å². The smallest absolute Gasteiger partial charge is 0.269 e. The average Bonchev–Trinajstić information content (AvgIpc) is 3.25. The molecule has 0 spiro atoms. The highest BCUT2D eigenvalue weighted by Crippen LogP contribution is 2.20. The van der Waals surface area contributed by atoms with Gasteiger partial charge in [0.15, 0.2) is 0 Å². The summed E-state index contributed by atoms with van der Waals surface area (Å²) >= 11 is 0. The van der Waals surface area contributed by atoms with Crippen LogP contribution in [0.15, 0.2) is 54.1 Å². The first kappa shape index (κ1) is 19.1. The van der Waals surface area contributed by atoms with E-state index >= 15 is 0 Å². The molecule has 0 aliphatic carbocycles. The van der Waals surface area contributed by atoms with Gasteiger partial charge in [0.2, 0.25) is 0 Å². The van der Waals surface area contributed by atoms with E-state index in [2.05, 4.69) is 0 Å². The van der Waals surface area contributed by atoms with Gasteiger partial charge in [-0.25, -0.2) is 0 Å². The summed E-state index contributed by atoms with van der Waals surface area (Å²) in [6, 6.07) is 15.3. The quantitative estimate of drug-likeness (QED) is 0.331. The molecule has 0 N–H and O–H groups in total. The number of nitro groups is 1. The summed E-state index contributed by atoms with van der Waals surface area (Å²) in [7, 11) is 0. The summed E-state index contributed by atoms with van der Waals surface area (Å²) < 4.78 is 5.73. The van der Waals surface area contributed by atoms with Crippen LogP contribution in [0.1, 0.15) is 24.0 Å². The molecule has 0 saturated carbocycles. The van der Waals surface area contributed by atoms with Crippen LogP contribution >= 0.6 is 0 Å². The zero-order valence-corrected chi connectivity index (χ0v) is 15.2. The lowest BCUT2D eigenvalue weighted by Gasteiger charge is -2.14. The molecule has 1 fully saturated rings. The molecule has 2 aromatic rings. The molecule has 7 heteroatoms. The first-order chi connectivity index (χ1) is 13.6. The number of carbonyl (C=O) groups is 1. The van der Waals surface area contributed by atoms with Crippen LogP contribution < -0.4 is 4.74 Å². The molecule has 142 valence electrons. The SMILES string of the molecule is N#C/C(=C\c1cccc(OCc2ccc([N+](=O)[O-])cc2)c1)C(=O)N1CCCC1. The third-order valence-corrected chi connectivity index (χ3v) is 4.47. The van der Waals surface area contributed by atoms with E-state index in [1.54, 1.807) is 47.4 Å². The van der Waals surface area contributed by atoms with Crippen LogP contribution in [0.5, 0.6) is 5.75 Å². The summed E-state index contributed by atoms with van der Waals surface area (Å²) in [5, 5.41) is 20.0. The maximum absolute atomic E-state index is 12.4. The van der Waals surface area contributed by atoms with Crippen molar-refractivity contribution < 1.29 is 14.5 Å². The normalized spacial score (nSPS) is 13.8. The van der Waals surface area contributed by atoms with E-state index in [4.69, 9.17) is 4.74 Å². The zero-order valence-electron chi connectivity index (χ0n) is 15.2. The van der Waals surface area contributed by atoms with Crippen LogP contribution in [0.4, 0.5) is 5.69 Å². The minimum absolute atomic E-state index is 0.0302. The van der Waals surface area contributed by atoms with Gasteiger partial charge in [0.25, 0.3) is 11.6 Å². The highest BCUT2D eigenvalue weighted by molar-refractivity contribution is 6.01. The van der Waals surface area contributed by atoms with E-state index in [0.29, 0.717) is 24.4 Å². The van der Waals surface area contributed by atoms with Crippen molar-refractivity contribution in [2.45, 2.75) is 19.4 Å². The Balaban J connectivity index is 1.68. The fourth-order valence-corrected chi connectivity index (χ4v) is 2.97. The highest BCUT2D eigenvalue weighted by Gasteiger charge is 2.21. The lowest BCUT2D eigenvalue weighted by atomic mass is 10.1. The van der Waals surface area contributed by atoms with Gasteiger partial charge in [0, 0.05) is 25.2 Å². The Morgan fingerprint density at radius 3 is 2.57 bits per heavy atom. The minimum atomic E-state index is -0.448. The summed E-state index contributed by atoms with van der Waals surface area (Å²) in [5.41, 5.74) is 1.63. The molecule has 0 radical (unpaired) electrons. The highest BCUT2D eigenvalue weighted by atomic mass is 16.6. The monoisotopic (exact) mass is 377 g/mol. The van der Waals surface area contributed by atoms with Crippen LogP contribution in [-0.2, 0) is 11.4 Å². The second-order valence-electron chi connectivity index (χ2n) is 6.45. The number of rotatable bonds is 6. The molecule has 2 aromatic carbocycles. The molecule has 28 heavy (non-hydrogen) atoms. The number of amides is 1. The molecule has 1 amide bonds.